The van der Waals surface area contributed by atoms with Crippen molar-refractivity contribution in [3.8, 4) is 0 Å². The van der Waals surface area contributed by atoms with E-state index in [-0.39, 0.29) is 18.2 Å². The average Bonchev–Trinajstić information content (AvgIpc) is 3.22. The van der Waals surface area contributed by atoms with Crippen LogP contribution >= 0.6 is 11.8 Å². The Morgan fingerprint density at radius 3 is 2.49 bits per heavy atom. The van der Waals surface area contributed by atoms with Gasteiger partial charge in [-0.15, -0.1) is 11.8 Å². The van der Waals surface area contributed by atoms with Crippen molar-refractivity contribution in [2.24, 2.45) is 0 Å². The molecule has 2 aromatic rings. The summed E-state index contributed by atoms with van der Waals surface area (Å²) in [4.78, 5) is 43.9. The zero-order chi connectivity index (χ0) is 24.8. The van der Waals surface area contributed by atoms with Crippen LogP contribution in [0.4, 0.5) is 0 Å². The molecule has 0 radical (unpaired) electrons. The summed E-state index contributed by atoms with van der Waals surface area (Å²) in [7, 11) is 3.74. The third-order valence-electron chi connectivity index (χ3n) is 6.88. The van der Waals surface area contributed by atoms with Gasteiger partial charge >= 0.3 is 0 Å². The van der Waals surface area contributed by atoms with Gasteiger partial charge in [0.15, 0.2) is 0 Å². The van der Waals surface area contributed by atoms with E-state index >= 15 is 0 Å². The highest BCUT2D eigenvalue weighted by Gasteiger charge is 2.34. The third-order valence-corrected chi connectivity index (χ3v) is 8.05. The Kier molecular flexibility index (Phi) is 8.59. The topological polar surface area (TPSA) is 73.0 Å². The maximum Gasteiger partial charge on any atom is 0.255 e. The largest absolute Gasteiger partial charge is 0.359 e. The minimum Gasteiger partial charge on any atom is -0.359 e. The molecule has 0 spiro atoms. The maximum atomic E-state index is 13.0. The van der Waals surface area contributed by atoms with E-state index < -0.39 is 6.04 Å². The van der Waals surface area contributed by atoms with Gasteiger partial charge < -0.3 is 19.9 Å². The van der Waals surface area contributed by atoms with Gasteiger partial charge in [-0.05, 0) is 42.3 Å². The second kappa shape index (κ2) is 11.8. The Morgan fingerprint density at radius 2 is 1.80 bits per heavy atom. The van der Waals surface area contributed by atoms with E-state index in [1.807, 2.05) is 18.2 Å². The molecule has 2 heterocycles. The number of amides is 2. The lowest BCUT2D eigenvalue weighted by molar-refractivity contribution is -0.121. The molecule has 1 atom stereocenters. The smallest absolute Gasteiger partial charge is 0.255 e. The second-order valence-electron chi connectivity index (χ2n) is 9.32. The first kappa shape index (κ1) is 25.4. The van der Waals surface area contributed by atoms with Crippen molar-refractivity contribution in [3.05, 3.63) is 64.7 Å². The molecule has 8 heteroatoms. The summed E-state index contributed by atoms with van der Waals surface area (Å²) < 4.78 is 0. The summed E-state index contributed by atoms with van der Waals surface area (Å²) >= 11 is 1.72. The second-order valence-corrected chi connectivity index (χ2v) is 10.3. The summed E-state index contributed by atoms with van der Waals surface area (Å²) in [6.45, 7) is 5.86. The van der Waals surface area contributed by atoms with Crippen LogP contribution in [0, 0.1) is 0 Å². The molecule has 186 valence electrons. The van der Waals surface area contributed by atoms with E-state index in [4.69, 9.17) is 0 Å². The van der Waals surface area contributed by atoms with E-state index in [0.717, 1.165) is 55.2 Å². The van der Waals surface area contributed by atoms with Gasteiger partial charge in [0.2, 0.25) is 5.91 Å². The number of likely N-dealkylation sites (N-methyl/N-ethyl adjacent to an activating group) is 1. The van der Waals surface area contributed by atoms with Crippen molar-refractivity contribution in [3.63, 3.8) is 0 Å². The minimum absolute atomic E-state index is 0.133. The van der Waals surface area contributed by atoms with Crippen LogP contribution in [0.3, 0.4) is 0 Å². The van der Waals surface area contributed by atoms with E-state index in [0.29, 0.717) is 18.5 Å². The molecule has 0 saturated carbocycles. The fourth-order valence-electron chi connectivity index (χ4n) is 4.60. The van der Waals surface area contributed by atoms with Crippen molar-refractivity contribution >= 4 is 29.9 Å². The number of aldehydes is 1. The highest BCUT2D eigenvalue weighted by molar-refractivity contribution is 7.98. The van der Waals surface area contributed by atoms with Gasteiger partial charge in [-0.25, -0.2) is 0 Å². The van der Waals surface area contributed by atoms with Gasteiger partial charge in [-0.1, -0.05) is 30.3 Å². The first-order valence-electron chi connectivity index (χ1n) is 12.2. The van der Waals surface area contributed by atoms with Gasteiger partial charge in [0.25, 0.3) is 5.91 Å². The molecule has 0 aromatic heterocycles. The van der Waals surface area contributed by atoms with Crippen LogP contribution < -0.4 is 5.32 Å². The SMILES string of the molecule is CNC(=O)CCC(C=O)N1Cc2c(SCc3ccc(CN4CCN(C)CC4)cc3)cccc2C1=O. The van der Waals surface area contributed by atoms with E-state index in [2.05, 4.69) is 46.4 Å². The fourth-order valence-corrected chi connectivity index (χ4v) is 5.63. The normalized spacial score (nSPS) is 17.3. The van der Waals surface area contributed by atoms with Crippen LogP contribution in [0.1, 0.15) is 39.9 Å². The van der Waals surface area contributed by atoms with Gasteiger partial charge in [0.1, 0.15) is 6.29 Å². The lowest BCUT2D eigenvalue weighted by Crippen LogP contribution is -2.43. The molecular formula is C27H34N4O3S. The molecule has 2 aromatic carbocycles. The van der Waals surface area contributed by atoms with Crippen LogP contribution in [0.2, 0.25) is 0 Å². The number of rotatable bonds is 10. The number of nitrogens with one attached hydrogen (secondary N) is 1. The highest BCUT2D eigenvalue weighted by atomic mass is 32.2. The number of piperazine rings is 1. The molecule has 1 saturated heterocycles. The molecule has 1 unspecified atom stereocenters. The summed E-state index contributed by atoms with van der Waals surface area (Å²) in [5, 5.41) is 2.56. The zero-order valence-electron chi connectivity index (χ0n) is 20.5. The van der Waals surface area contributed by atoms with Crippen LogP contribution in [0.5, 0.6) is 0 Å². The highest BCUT2D eigenvalue weighted by Crippen LogP contribution is 2.35. The Morgan fingerprint density at radius 1 is 1.09 bits per heavy atom. The van der Waals surface area contributed by atoms with Crippen molar-refractivity contribution in [1.82, 2.24) is 20.0 Å². The lowest BCUT2D eigenvalue weighted by Gasteiger charge is -2.32. The molecule has 1 fully saturated rings. The van der Waals surface area contributed by atoms with E-state index in [1.165, 1.54) is 11.1 Å². The van der Waals surface area contributed by atoms with Crippen LogP contribution in [-0.4, -0.2) is 79.1 Å². The molecule has 1 N–H and O–H groups in total. The molecule has 35 heavy (non-hydrogen) atoms. The predicted molar refractivity (Wildman–Crippen MR) is 138 cm³/mol. The molecule has 0 bridgehead atoms. The maximum absolute atomic E-state index is 13.0. The van der Waals surface area contributed by atoms with Crippen LogP contribution in [0.25, 0.3) is 0 Å². The van der Waals surface area contributed by atoms with E-state index in [9.17, 15) is 14.4 Å². The molecule has 4 rings (SSSR count). The van der Waals surface area contributed by atoms with Crippen molar-refractivity contribution in [1.29, 1.82) is 0 Å². The first-order chi connectivity index (χ1) is 17.0. The van der Waals surface area contributed by atoms with Crippen molar-refractivity contribution in [2.75, 3.05) is 40.3 Å². The first-order valence-corrected chi connectivity index (χ1v) is 13.2. The standard InChI is InChI=1S/C27H34N4O3S/c1-28-26(33)11-10-22(18-32)31-17-24-23(27(31)34)4-3-5-25(24)35-19-21-8-6-20(7-9-21)16-30-14-12-29(2)13-15-30/h3-9,18,22H,10-17,19H2,1-2H3,(H,28,33). The number of hydrogen-bond donors (Lipinski definition) is 1. The Hall–Kier alpha value is -2.68. The zero-order valence-corrected chi connectivity index (χ0v) is 21.4. The molecule has 2 aliphatic heterocycles. The summed E-state index contributed by atoms with van der Waals surface area (Å²) in [6.07, 6.45) is 1.32. The minimum atomic E-state index is -0.599. The number of nitrogens with zero attached hydrogens (tertiary/aromatic N) is 3. The van der Waals surface area contributed by atoms with Crippen molar-refractivity contribution in [2.45, 2.75) is 42.6 Å². The molecule has 0 aliphatic carbocycles. The fraction of sp³-hybridized carbons (Fsp3) is 0.444. The quantitative estimate of drug-likeness (QED) is 0.405. The van der Waals surface area contributed by atoms with Gasteiger partial charge in [-0.3, -0.25) is 14.5 Å². The number of carbonyl (C=O) groups is 3. The number of carbonyl (C=O) groups excluding carboxylic acids is 3. The Labute approximate surface area is 211 Å². The molecular weight excluding hydrogens is 460 g/mol. The number of thioether (sulfide) groups is 1. The van der Waals surface area contributed by atoms with Gasteiger partial charge in [0, 0.05) is 68.9 Å². The predicted octanol–water partition coefficient (Wildman–Crippen LogP) is 2.78. The monoisotopic (exact) mass is 494 g/mol. The summed E-state index contributed by atoms with van der Waals surface area (Å²) in [5.41, 5.74) is 4.21. The number of hydrogen-bond acceptors (Lipinski definition) is 6. The van der Waals surface area contributed by atoms with E-state index in [1.54, 1.807) is 23.7 Å². The van der Waals surface area contributed by atoms with Crippen LogP contribution in [-0.2, 0) is 28.4 Å². The average molecular weight is 495 g/mol. The Balaban J connectivity index is 1.36. The van der Waals surface area contributed by atoms with Gasteiger partial charge in [-0.2, -0.15) is 0 Å². The number of fused-ring (bicyclic) bond motifs is 1. The van der Waals surface area contributed by atoms with Gasteiger partial charge in [0.05, 0.1) is 6.04 Å². The lowest BCUT2D eigenvalue weighted by atomic mass is 10.1. The summed E-state index contributed by atoms with van der Waals surface area (Å²) in [6, 6.07) is 14.0. The molecule has 2 aliphatic rings. The van der Waals surface area contributed by atoms with Crippen molar-refractivity contribution < 1.29 is 14.4 Å². The Bertz CT molecular complexity index is 1050. The third kappa shape index (κ3) is 6.31. The molecule has 2 amide bonds. The van der Waals surface area contributed by atoms with Crippen LogP contribution in [0.15, 0.2) is 47.4 Å². The molecule has 7 nitrogen and oxygen atoms in total. The number of benzene rings is 2. The summed E-state index contributed by atoms with van der Waals surface area (Å²) in [5.74, 6) is 0.546.